The Kier molecular flexibility index (Phi) is 3.29. The Balaban J connectivity index is 2.54. The third-order valence-electron chi connectivity index (χ3n) is 2.22. The predicted octanol–water partition coefficient (Wildman–Crippen LogP) is 4.90. The van der Waals surface area contributed by atoms with Gasteiger partial charge in [-0.25, -0.2) is 0 Å². The predicted molar refractivity (Wildman–Crippen MR) is 71.3 cm³/mol. The average molecular weight is 273 g/mol. The Labute approximate surface area is 109 Å². The van der Waals surface area contributed by atoms with Crippen LogP contribution >= 0.6 is 34.8 Å². The van der Waals surface area contributed by atoms with Gasteiger partial charge in [0, 0.05) is 11.3 Å². The van der Waals surface area contributed by atoms with Crippen LogP contribution in [0.4, 0.5) is 5.69 Å². The van der Waals surface area contributed by atoms with Gasteiger partial charge in [-0.3, -0.25) is 0 Å². The normalized spacial score (nSPS) is 10.4. The van der Waals surface area contributed by atoms with E-state index in [0.717, 1.165) is 11.1 Å². The van der Waals surface area contributed by atoms with E-state index < -0.39 is 0 Å². The Bertz CT molecular complexity index is 538. The van der Waals surface area contributed by atoms with Gasteiger partial charge in [0.15, 0.2) is 0 Å². The molecule has 4 heteroatoms. The van der Waals surface area contributed by atoms with Crippen molar-refractivity contribution < 1.29 is 0 Å². The lowest BCUT2D eigenvalue weighted by molar-refractivity contribution is 1.61. The minimum Gasteiger partial charge on any atom is -0.399 e. The van der Waals surface area contributed by atoms with Crippen LogP contribution in [-0.2, 0) is 0 Å². The van der Waals surface area contributed by atoms with Gasteiger partial charge in [0.25, 0.3) is 0 Å². The van der Waals surface area contributed by atoms with E-state index >= 15 is 0 Å². The highest BCUT2D eigenvalue weighted by molar-refractivity contribution is 6.42. The first-order valence-electron chi connectivity index (χ1n) is 4.58. The Morgan fingerprint density at radius 3 is 2.12 bits per heavy atom. The number of anilines is 1. The molecular weight excluding hydrogens is 264 g/mol. The van der Waals surface area contributed by atoms with Gasteiger partial charge in [-0.05, 0) is 29.8 Å². The molecule has 82 valence electrons. The van der Waals surface area contributed by atoms with E-state index in [2.05, 4.69) is 0 Å². The molecule has 0 saturated carbocycles. The van der Waals surface area contributed by atoms with Crippen LogP contribution in [-0.4, -0.2) is 0 Å². The second-order valence-electron chi connectivity index (χ2n) is 3.37. The summed E-state index contributed by atoms with van der Waals surface area (Å²) in [6.07, 6.45) is 0. The van der Waals surface area contributed by atoms with Crippen LogP contribution < -0.4 is 5.73 Å². The number of hydrogen-bond acceptors (Lipinski definition) is 1. The first-order valence-corrected chi connectivity index (χ1v) is 5.72. The molecule has 16 heavy (non-hydrogen) atoms. The smallest absolute Gasteiger partial charge is 0.0598 e. The van der Waals surface area contributed by atoms with Crippen molar-refractivity contribution in [2.45, 2.75) is 0 Å². The fourth-order valence-electron chi connectivity index (χ4n) is 1.43. The summed E-state index contributed by atoms with van der Waals surface area (Å²) in [5.41, 5.74) is 8.06. The molecule has 0 fully saturated rings. The molecule has 0 saturated heterocycles. The highest BCUT2D eigenvalue weighted by Crippen LogP contribution is 2.33. The Morgan fingerprint density at radius 2 is 1.50 bits per heavy atom. The molecule has 0 heterocycles. The van der Waals surface area contributed by atoms with E-state index in [1.807, 2.05) is 12.1 Å². The fourth-order valence-corrected chi connectivity index (χ4v) is 2.03. The van der Waals surface area contributed by atoms with Crippen LogP contribution in [0.15, 0.2) is 36.4 Å². The summed E-state index contributed by atoms with van der Waals surface area (Å²) in [5, 5.41) is 1.63. The van der Waals surface area contributed by atoms with E-state index in [9.17, 15) is 0 Å². The number of nitrogen functional groups attached to an aromatic ring is 1. The molecule has 0 bridgehead atoms. The van der Waals surface area contributed by atoms with Crippen LogP contribution in [0.3, 0.4) is 0 Å². The zero-order valence-electron chi connectivity index (χ0n) is 8.18. The lowest BCUT2D eigenvalue weighted by Crippen LogP contribution is -1.86. The second-order valence-corrected chi connectivity index (χ2v) is 4.59. The van der Waals surface area contributed by atoms with E-state index in [0.29, 0.717) is 20.8 Å². The van der Waals surface area contributed by atoms with Gasteiger partial charge in [-0.2, -0.15) is 0 Å². The van der Waals surface area contributed by atoms with Gasteiger partial charge in [0.1, 0.15) is 0 Å². The molecule has 0 radical (unpaired) electrons. The number of hydrogen-bond donors (Lipinski definition) is 1. The maximum absolute atomic E-state index is 6.10. The SMILES string of the molecule is Nc1ccc(-c2ccc(Cl)c(Cl)c2)c(Cl)c1. The summed E-state index contributed by atoms with van der Waals surface area (Å²) in [6, 6.07) is 10.7. The largest absolute Gasteiger partial charge is 0.399 e. The van der Waals surface area contributed by atoms with Gasteiger partial charge in [-0.15, -0.1) is 0 Å². The van der Waals surface area contributed by atoms with Crippen LogP contribution in [0.25, 0.3) is 11.1 Å². The molecule has 2 aromatic carbocycles. The summed E-state index contributed by atoms with van der Waals surface area (Å²) < 4.78 is 0. The lowest BCUT2D eigenvalue weighted by atomic mass is 10.1. The van der Waals surface area contributed by atoms with Crippen molar-refractivity contribution in [2.24, 2.45) is 0 Å². The molecule has 0 unspecified atom stereocenters. The average Bonchev–Trinajstić information content (AvgIpc) is 2.22. The molecule has 0 spiro atoms. The quantitative estimate of drug-likeness (QED) is 0.734. The van der Waals surface area contributed by atoms with Crippen molar-refractivity contribution in [3.8, 4) is 11.1 Å². The molecular formula is C12H8Cl3N. The monoisotopic (exact) mass is 271 g/mol. The maximum Gasteiger partial charge on any atom is 0.0598 e. The van der Waals surface area contributed by atoms with Crippen molar-refractivity contribution in [1.29, 1.82) is 0 Å². The molecule has 0 aliphatic carbocycles. The van der Waals surface area contributed by atoms with Crippen LogP contribution in [0.1, 0.15) is 0 Å². The zero-order valence-corrected chi connectivity index (χ0v) is 10.4. The van der Waals surface area contributed by atoms with E-state index in [1.165, 1.54) is 0 Å². The molecule has 0 aliphatic rings. The molecule has 2 N–H and O–H groups in total. The topological polar surface area (TPSA) is 26.0 Å². The summed E-state index contributed by atoms with van der Waals surface area (Å²) in [5.74, 6) is 0. The van der Waals surface area contributed by atoms with Crippen LogP contribution in [0.2, 0.25) is 15.1 Å². The summed E-state index contributed by atoms with van der Waals surface area (Å²) in [7, 11) is 0. The first-order chi connectivity index (χ1) is 7.58. The first kappa shape index (κ1) is 11.6. The summed E-state index contributed by atoms with van der Waals surface area (Å²) >= 11 is 17.9. The third kappa shape index (κ3) is 2.27. The van der Waals surface area contributed by atoms with Crippen molar-refractivity contribution in [3.05, 3.63) is 51.5 Å². The van der Waals surface area contributed by atoms with Crippen molar-refractivity contribution in [2.75, 3.05) is 5.73 Å². The highest BCUT2D eigenvalue weighted by Gasteiger charge is 2.06. The Hall–Kier alpha value is -0.890. The number of halogens is 3. The third-order valence-corrected chi connectivity index (χ3v) is 3.28. The fraction of sp³-hybridized carbons (Fsp3) is 0. The van der Waals surface area contributed by atoms with Gasteiger partial charge >= 0.3 is 0 Å². The lowest BCUT2D eigenvalue weighted by Gasteiger charge is -2.06. The van der Waals surface area contributed by atoms with Crippen LogP contribution in [0.5, 0.6) is 0 Å². The minimum absolute atomic E-state index is 0.507. The minimum atomic E-state index is 0.507. The molecule has 0 aromatic heterocycles. The molecule has 0 aliphatic heterocycles. The summed E-state index contributed by atoms with van der Waals surface area (Å²) in [6.45, 7) is 0. The molecule has 0 atom stereocenters. The van der Waals surface area contributed by atoms with Crippen molar-refractivity contribution >= 4 is 40.5 Å². The number of rotatable bonds is 1. The maximum atomic E-state index is 6.10. The molecule has 1 nitrogen and oxygen atoms in total. The van der Waals surface area contributed by atoms with Crippen molar-refractivity contribution in [3.63, 3.8) is 0 Å². The molecule has 0 amide bonds. The zero-order chi connectivity index (χ0) is 11.7. The van der Waals surface area contributed by atoms with Gasteiger partial charge in [0.2, 0.25) is 0 Å². The van der Waals surface area contributed by atoms with E-state index in [-0.39, 0.29) is 0 Å². The van der Waals surface area contributed by atoms with Gasteiger partial charge in [-0.1, -0.05) is 46.9 Å². The Morgan fingerprint density at radius 1 is 0.750 bits per heavy atom. The van der Waals surface area contributed by atoms with Gasteiger partial charge in [0.05, 0.1) is 15.1 Å². The van der Waals surface area contributed by atoms with Crippen molar-refractivity contribution in [1.82, 2.24) is 0 Å². The van der Waals surface area contributed by atoms with E-state index in [4.69, 9.17) is 40.5 Å². The molecule has 2 rings (SSSR count). The number of nitrogens with two attached hydrogens (primary N) is 1. The number of benzene rings is 2. The standard InChI is InChI=1S/C12H8Cl3N/c13-10-4-1-7(5-12(10)15)9-3-2-8(16)6-11(9)14/h1-6H,16H2. The van der Waals surface area contributed by atoms with E-state index in [1.54, 1.807) is 24.3 Å². The molecule has 2 aromatic rings. The second kappa shape index (κ2) is 4.54. The van der Waals surface area contributed by atoms with Crippen LogP contribution in [0, 0.1) is 0 Å². The summed E-state index contributed by atoms with van der Waals surface area (Å²) in [4.78, 5) is 0. The highest BCUT2D eigenvalue weighted by atomic mass is 35.5. The van der Waals surface area contributed by atoms with Gasteiger partial charge < -0.3 is 5.73 Å².